The van der Waals surface area contributed by atoms with Crippen molar-refractivity contribution in [2.24, 2.45) is 0 Å². The van der Waals surface area contributed by atoms with E-state index in [1.54, 1.807) is 0 Å². The minimum Gasteiger partial charge on any atom is -0.126 e. The van der Waals surface area contributed by atoms with Crippen LogP contribution in [0.5, 0.6) is 0 Å². The van der Waals surface area contributed by atoms with Gasteiger partial charge in [-0.1, -0.05) is 5.57 Å². The SMILES string of the molecule is CC(C)=C[SiH2]C[Si](Cl)(Cl)Cl. The van der Waals surface area contributed by atoms with Gasteiger partial charge in [-0.3, -0.25) is 0 Å². The molecule has 0 N–H and O–H groups in total. The first kappa shape index (κ1) is 11.0. The van der Waals surface area contributed by atoms with Crippen molar-refractivity contribution in [3.8, 4) is 0 Å². The molecule has 0 heterocycles. The second-order valence-corrected chi connectivity index (χ2v) is 14.2. The molecule has 10 heavy (non-hydrogen) atoms. The van der Waals surface area contributed by atoms with E-state index < -0.39 is 6.00 Å². The molecule has 0 rings (SSSR count). The van der Waals surface area contributed by atoms with E-state index >= 15 is 0 Å². The average Bonchev–Trinajstić information content (AvgIpc) is 1.59. The van der Waals surface area contributed by atoms with Crippen molar-refractivity contribution in [2.45, 2.75) is 19.5 Å². The number of hydrogen-bond acceptors (Lipinski definition) is 0. The quantitative estimate of drug-likeness (QED) is 0.519. The predicted octanol–water partition coefficient (Wildman–Crippen LogP) is 2.69. The molecule has 5 heteroatoms. The van der Waals surface area contributed by atoms with Gasteiger partial charge in [0.1, 0.15) is 0 Å². The minimum atomic E-state index is -2.29. The van der Waals surface area contributed by atoms with Crippen LogP contribution in [-0.2, 0) is 0 Å². The molecule has 0 fully saturated rings. The fourth-order valence-corrected chi connectivity index (χ4v) is 5.93. The minimum absolute atomic E-state index is 0.236. The summed E-state index contributed by atoms with van der Waals surface area (Å²) >= 11 is 17.1. The lowest BCUT2D eigenvalue weighted by molar-refractivity contribution is 1.41. The molecule has 0 spiro atoms. The Kier molecular flexibility index (Phi) is 5.33. The third-order valence-corrected chi connectivity index (χ3v) is 10.6. The second-order valence-electron chi connectivity index (χ2n) is 2.44. The van der Waals surface area contributed by atoms with E-state index in [1.165, 1.54) is 5.57 Å². The summed E-state index contributed by atoms with van der Waals surface area (Å²) in [5.41, 5.74) is 4.44. The van der Waals surface area contributed by atoms with Crippen LogP contribution in [0.1, 0.15) is 13.8 Å². The molecular formula is C5H11Cl3Si2. The highest BCUT2D eigenvalue weighted by atomic mass is 35.8. The van der Waals surface area contributed by atoms with Gasteiger partial charge in [-0.05, 0) is 19.5 Å². The molecule has 0 aliphatic heterocycles. The lowest BCUT2D eigenvalue weighted by Gasteiger charge is -2.03. The van der Waals surface area contributed by atoms with Crippen LogP contribution in [0.4, 0.5) is 0 Å². The molecule has 60 valence electrons. The smallest absolute Gasteiger partial charge is 0.126 e. The third-order valence-electron chi connectivity index (χ3n) is 0.980. The Labute approximate surface area is 79.5 Å². The van der Waals surface area contributed by atoms with Crippen LogP contribution in [0.2, 0.25) is 5.67 Å². The first-order valence-electron chi connectivity index (χ1n) is 3.12. The summed E-state index contributed by atoms with van der Waals surface area (Å²) in [6, 6.07) is -2.29. The van der Waals surface area contributed by atoms with Crippen LogP contribution >= 0.6 is 33.2 Å². The van der Waals surface area contributed by atoms with Gasteiger partial charge < -0.3 is 0 Å². The maximum Gasteiger partial charge on any atom is 0.338 e. The van der Waals surface area contributed by atoms with Crippen LogP contribution < -0.4 is 0 Å². The van der Waals surface area contributed by atoms with E-state index in [9.17, 15) is 0 Å². The van der Waals surface area contributed by atoms with Crippen molar-refractivity contribution >= 4 is 48.8 Å². The van der Waals surface area contributed by atoms with Gasteiger partial charge >= 0.3 is 6.00 Å². The Morgan fingerprint density at radius 3 is 2.20 bits per heavy atom. The normalized spacial score (nSPS) is 12.5. The van der Waals surface area contributed by atoms with E-state index in [0.29, 0.717) is 0 Å². The molecule has 0 atom stereocenters. The highest BCUT2D eigenvalue weighted by molar-refractivity contribution is 7.65. The van der Waals surface area contributed by atoms with Crippen molar-refractivity contribution in [1.82, 2.24) is 0 Å². The van der Waals surface area contributed by atoms with Gasteiger partial charge in [0.05, 0.1) is 0 Å². The van der Waals surface area contributed by atoms with E-state index in [2.05, 4.69) is 19.5 Å². The molecule has 0 aromatic rings. The zero-order valence-electron chi connectivity index (χ0n) is 6.13. The van der Waals surface area contributed by atoms with Gasteiger partial charge in [0.25, 0.3) is 0 Å². The fraction of sp³-hybridized carbons (Fsp3) is 0.600. The van der Waals surface area contributed by atoms with Gasteiger partial charge in [0.2, 0.25) is 0 Å². The van der Waals surface area contributed by atoms with E-state index in [4.69, 9.17) is 33.2 Å². The third kappa shape index (κ3) is 9.04. The lowest BCUT2D eigenvalue weighted by Crippen LogP contribution is -2.11. The highest BCUT2D eigenvalue weighted by Gasteiger charge is 2.23. The van der Waals surface area contributed by atoms with E-state index in [0.717, 1.165) is 5.67 Å². The van der Waals surface area contributed by atoms with Gasteiger partial charge in [0.15, 0.2) is 0 Å². The summed E-state index contributed by atoms with van der Waals surface area (Å²) in [6.07, 6.45) is 0. The molecule has 0 bridgehead atoms. The number of hydrogen-bond donors (Lipinski definition) is 0. The Bertz CT molecular complexity index is 123. The fourth-order valence-electron chi connectivity index (χ4n) is 0.525. The molecule has 0 aliphatic rings. The summed E-state index contributed by atoms with van der Waals surface area (Å²) in [7, 11) is -0.236. The maximum absolute atomic E-state index is 5.69. The maximum atomic E-state index is 5.69. The highest BCUT2D eigenvalue weighted by Crippen LogP contribution is 2.23. The first-order valence-corrected chi connectivity index (χ1v) is 10.2. The largest absolute Gasteiger partial charge is 0.338 e. The topological polar surface area (TPSA) is 0 Å². The zero-order valence-corrected chi connectivity index (χ0v) is 10.8. The second kappa shape index (κ2) is 4.83. The zero-order chi connectivity index (χ0) is 8.20. The van der Waals surface area contributed by atoms with Crippen LogP contribution in [-0.4, -0.2) is 15.5 Å². The lowest BCUT2D eigenvalue weighted by atomic mass is 10.4. The summed E-state index contributed by atoms with van der Waals surface area (Å²) in [5, 5.41) is 0. The Morgan fingerprint density at radius 1 is 1.40 bits per heavy atom. The Hall–Kier alpha value is 1.04. The Morgan fingerprint density at radius 2 is 1.90 bits per heavy atom. The molecule has 0 saturated carbocycles. The monoisotopic (exact) mass is 232 g/mol. The van der Waals surface area contributed by atoms with Crippen LogP contribution in [0.25, 0.3) is 0 Å². The van der Waals surface area contributed by atoms with E-state index in [1.807, 2.05) is 0 Å². The Balaban J connectivity index is 3.47. The molecule has 0 aliphatic carbocycles. The number of allylic oxidation sites excluding steroid dienone is 1. The molecule has 0 saturated heterocycles. The van der Waals surface area contributed by atoms with Gasteiger partial charge in [-0.15, -0.1) is 38.9 Å². The van der Waals surface area contributed by atoms with Crippen molar-refractivity contribution < 1.29 is 0 Å². The summed E-state index contributed by atoms with van der Waals surface area (Å²) < 4.78 is 0. The van der Waals surface area contributed by atoms with Gasteiger partial charge in [0, 0.05) is 9.52 Å². The standard InChI is InChI=1S/C5H11Cl3Si2/c1-5(2)3-9-4-10(6,7)8/h3H,4,9H2,1-2H3. The summed E-state index contributed by atoms with van der Waals surface area (Å²) in [6.45, 7) is 4.15. The first-order chi connectivity index (χ1) is 4.42. The van der Waals surface area contributed by atoms with Crippen LogP contribution in [0.15, 0.2) is 11.3 Å². The van der Waals surface area contributed by atoms with Gasteiger partial charge in [-0.2, -0.15) is 0 Å². The average molecular weight is 234 g/mol. The number of rotatable bonds is 3. The van der Waals surface area contributed by atoms with Crippen molar-refractivity contribution in [3.63, 3.8) is 0 Å². The summed E-state index contributed by atoms with van der Waals surface area (Å²) in [5.74, 6) is 0. The van der Waals surface area contributed by atoms with Crippen molar-refractivity contribution in [2.75, 3.05) is 0 Å². The van der Waals surface area contributed by atoms with Gasteiger partial charge in [-0.25, -0.2) is 0 Å². The molecule has 0 unspecified atom stereocenters. The van der Waals surface area contributed by atoms with Crippen LogP contribution in [0, 0.1) is 0 Å². The molecule has 0 aromatic carbocycles. The van der Waals surface area contributed by atoms with Crippen molar-refractivity contribution in [3.05, 3.63) is 11.3 Å². The van der Waals surface area contributed by atoms with E-state index in [-0.39, 0.29) is 9.52 Å². The molecule has 0 amide bonds. The van der Waals surface area contributed by atoms with Crippen molar-refractivity contribution in [1.29, 1.82) is 0 Å². The van der Waals surface area contributed by atoms with Crippen LogP contribution in [0.3, 0.4) is 0 Å². The molecule has 0 aromatic heterocycles. The number of halogens is 3. The summed E-state index contributed by atoms with van der Waals surface area (Å²) in [4.78, 5) is 0. The molecular weight excluding hydrogens is 223 g/mol. The molecule has 0 nitrogen and oxygen atoms in total. The predicted molar refractivity (Wildman–Crippen MR) is 56.1 cm³/mol. The molecule has 0 radical (unpaired) electrons.